The molecule has 3 N–H and O–H groups in total. The Hall–Kier alpha value is -2.04. The van der Waals surface area contributed by atoms with Crippen LogP contribution in [0.25, 0.3) is 0 Å². The van der Waals surface area contributed by atoms with Crippen LogP contribution in [0.5, 0.6) is 5.75 Å². The van der Waals surface area contributed by atoms with Crippen LogP contribution in [0.3, 0.4) is 0 Å². The number of hydrogen-bond acceptors (Lipinski definition) is 2. The highest BCUT2D eigenvalue weighted by Gasteiger charge is 2.13. The summed E-state index contributed by atoms with van der Waals surface area (Å²) in [4.78, 5) is 12.0. The Balaban J connectivity index is 1.75. The van der Waals surface area contributed by atoms with Gasteiger partial charge in [-0.2, -0.15) is 0 Å². The van der Waals surface area contributed by atoms with Gasteiger partial charge in [0.1, 0.15) is 11.8 Å². The number of rotatable bonds is 8. The van der Waals surface area contributed by atoms with E-state index in [1.165, 1.54) is 0 Å². The molecule has 0 unspecified atom stereocenters. The van der Waals surface area contributed by atoms with Crippen molar-refractivity contribution in [1.29, 1.82) is 0 Å². The second-order valence-corrected chi connectivity index (χ2v) is 6.07. The topological polar surface area (TPSA) is 54.9 Å². The number of nitrogens with two attached hydrogens (primary N) is 1. The molecule has 0 saturated carbocycles. The minimum Gasteiger partial charge on any atom is -0.496 e. The van der Waals surface area contributed by atoms with Gasteiger partial charge in [-0.1, -0.05) is 48.0 Å². The van der Waals surface area contributed by atoms with Crippen molar-refractivity contribution >= 4 is 17.5 Å². The van der Waals surface area contributed by atoms with E-state index in [2.05, 4.69) is 5.32 Å². The van der Waals surface area contributed by atoms with Crippen LogP contribution in [-0.2, 0) is 11.2 Å². The largest absolute Gasteiger partial charge is 0.496 e. The molecular weight excluding hydrogens is 324 g/mol. The molecule has 128 valence electrons. The van der Waals surface area contributed by atoms with Crippen molar-refractivity contribution in [3.63, 3.8) is 0 Å². The molecule has 0 bridgehead atoms. The fourth-order valence-corrected chi connectivity index (χ4v) is 2.88. The molecule has 5 heteroatoms. The number of methoxy groups -OCH3 is 1. The molecule has 0 radical (unpaired) electrons. The van der Waals surface area contributed by atoms with Crippen LogP contribution >= 0.6 is 11.6 Å². The smallest absolute Gasteiger partial charge is 0.275 e. The quantitative estimate of drug-likeness (QED) is 0.770. The van der Waals surface area contributed by atoms with Crippen LogP contribution in [0, 0.1) is 0 Å². The lowest BCUT2D eigenvalue weighted by molar-refractivity contribution is -0.682. The van der Waals surface area contributed by atoms with E-state index < -0.39 is 0 Å². The average molecular weight is 348 g/mol. The van der Waals surface area contributed by atoms with Gasteiger partial charge in [0, 0.05) is 17.1 Å². The predicted molar refractivity (Wildman–Crippen MR) is 96.4 cm³/mol. The first kappa shape index (κ1) is 18.3. The van der Waals surface area contributed by atoms with Gasteiger partial charge in [0.25, 0.3) is 5.91 Å². The van der Waals surface area contributed by atoms with E-state index in [4.69, 9.17) is 16.3 Å². The number of quaternary nitrogens is 1. The lowest BCUT2D eigenvalue weighted by Crippen LogP contribution is -2.87. The molecule has 24 heavy (non-hydrogen) atoms. The molecule has 0 aliphatic heterocycles. The molecule has 4 nitrogen and oxygen atoms in total. The summed E-state index contributed by atoms with van der Waals surface area (Å²) < 4.78 is 5.31. The Morgan fingerprint density at radius 3 is 2.67 bits per heavy atom. The van der Waals surface area contributed by atoms with Crippen LogP contribution in [-0.4, -0.2) is 26.1 Å². The van der Waals surface area contributed by atoms with Crippen molar-refractivity contribution < 1.29 is 14.8 Å². The van der Waals surface area contributed by atoms with E-state index in [-0.39, 0.29) is 11.9 Å². The summed E-state index contributed by atoms with van der Waals surface area (Å²) in [5, 5.41) is 5.67. The molecule has 1 atom stereocenters. The molecule has 2 aromatic rings. The Morgan fingerprint density at radius 1 is 1.21 bits per heavy atom. The number of halogens is 1. The summed E-state index contributed by atoms with van der Waals surface area (Å²) in [5.41, 5.74) is 2.13. The first-order chi connectivity index (χ1) is 11.6. The Kier molecular flexibility index (Phi) is 7.09. The van der Waals surface area contributed by atoms with Crippen LogP contribution in [0.4, 0.5) is 0 Å². The van der Waals surface area contributed by atoms with Crippen LogP contribution < -0.4 is 15.4 Å². The molecule has 0 heterocycles. The van der Waals surface area contributed by atoms with E-state index in [9.17, 15) is 4.79 Å². The maximum absolute atomic E-state index is 12.0. The fraction of sp³-hybridized carbons (Fsp3) is 0.316. The van der Waals surface area contributed by atoms with Gasteiger partial charge in [-0.15, -0.1) is 0 Å². The standard InChI is InChI=1S/C19H23ClN2O2/c1-14(16-8-4-5-9-17(16)20)22-13-19(23)21-12-11-15-7-3-6-10-18(15)24-2/h3-10,14,22H,11-13H2,1-2H3,(H,21,23)/p+1/t14-/m0/s1. The van der Waals surface area contributed by atoms with Gasteiger partial charge in [0.05, 0.1) is 7.11 Å². The predicted octanol–water partition coefficient (Wildman–Crippen LogP) is 2.33. The zero-order chi connectivity index (χ0) is 17.4. The summed E-state index contributed by atoms with van der Waals surface area (Å²) >= 11 is 6.18. The highest BCUT2D eigenvalue weighted by atomic mass is 35.5. The number of amides is 1. The van der Waals surface area contributed by atoms with Gasteiger partial charge in [-0.3, -0.25) is 4.79 Å². The lowest BCUT2D eigenvalue weighted by atomic mass is 10.1. The van der Waals surface area contributed by atoms with Crippen LogP contribution in [0.2, 0.25) is 5.02 Å². The van der Waals surface area contributed by atoms with E-state index in [0.717, 1.165) is 28.3 Å². The molecule has 0 aliphatic carbocycles. The summed E-state index contributed by atoms with van der Waals surface area (Å²) in [5.74, 6) is 0.870. The average Bonchev–Trinajstić information content (AvgIpc) is 2.60. The number of para-hydroxylation sites is 1. The highest BCUT2D eigenvalue weighted by Crippen LogP contribution is 2.19. The summed E-state index contributed by atoms with van der Waals surface area (Å²) in [6.45, 7) is 3.01. The van der Waals surface area contributed by atoms with Gasteiger partial charge in [-0.05, 0) is 31.0 Å². The number of carbonyl (C=O) groups is 1. The van der Waals surface area contributed by atoms with Crippen molar-refractivity contribution in [1.82, 2.24) is 5.32 Å². The molecule has 0 aromatic heterocycles. The van der Waals surface area contributed by atoms with Crippen molar-refractivity contribution in [3.05, 3.63) is 64.7 Å². The molecule has 0 saturated heterocycles. The van der Waals surface area contributed by atoms with E-state index in [1.54, 1.807) is 7.11 Å². The Labute approximate surface area is 148 Å². The van der Waals surface area contributed by atoms with Gasteiger partial charge in [-0.25, -0.2) is 0 Å². The molecule has 2 aromatic carbocycles. The molecule has 0 aliphatic rings. The van der Waals surface area contributed by atoms with Crippen molar-refractivity contribution in [2.75, 3.05) is 20.2 Å². The maximum Gasteiger partial charge on any atom is 0.275 e. The van der Waals surface area contributed by atoms with Gasteiger partial charge < -0.3 is 15.4 Å². The monoisotopic (exact) mass is 347 g/mol. The van der Waals surface area contributed by atoms with Gasteiger partial charge >= 0.3 is 0 Å². The van der Waals surface area contributed by atoms with Crippen molar-refractivity contribution in [3.8, 4) is 5.75 Å². The van der Waals surface area contributed by atoms with Crippen LogP contribution in [0.15, 0.2) is 48.5 Å². The van der Waals surface area contributed by atoms with Crippen LogP contribution in [0.1, 0.15) is 24.1 Å². The minimum atomic E-state index is 0.0174. The summed E-state index contributed by atoms with van der Waals surface area (Å²) in [7, 11) is 1.66. The summed E-state index contributed by atoms with van der Waals surface area (Å²) in [6, 6.07) is 15.7. The van der Waals surface area contributed by atoms with E-state index in [0.29, 0.717) is 13.1 Å². The third kappa shape index (κ3) is 5.25. The van der Waals surface area contributed by atoms with Crippen molar-refractivity contribution in [2.24, 2.45) is 0 Å². The number of benzene rings is 2. The lowest BCUT2D eigenvalue weighted by Gasteiger charge is -2.13. The third-order valence-corrected chi connectivity index (χ3v) is 4.31. The van der Waals surface area contributed by atoms with Gasteiger partial charge in [0.2, 0.25) is 0 Å². The number of carbonyl (C=O) groups excluding carboxylic acids is 1. The normalized spacial score (nSPS) is 11.8. The van der Waals surface area contributed by atoms with E-state index >= 15 is 0 Å². The molecule has 2 rings (SSSR count). The fourth-order valence-electron chi connectivity index (χ4n) is 2.57. The maximum atomic E-state index is 12.0. The second-order valence-electron chi connectivity index (χ2n) is 5.66. The first-order valence-corrected chi connectivity index (χ1v) is 8.46. The number of nitrogens with one attached hydrogen (secondary N) is 1. The third-order valence-electron chi connectivity index (χ3n) is 3.96. The minimum absolute atomic E-state index is 0.0174. The Bertz CT molecular complexity index is 676. The number of hydrogen-bond donors (Lipinski definition) is 2. The highest BCUT2D eigenvalue weighted by molar-refractivity contribution is 6.31. The molecular formula is C19H24ClN2O2+. The molecule has 0 fully saturated rings. The summed E-state index contributed by atoms with van der Waals surface area (Å²) in [6.07, 6.45) is 0.746. The zero-order valence-electron chi connectivity index (χ0n) is 14.1. The van der Waals surface area contributed by atoms with E-state index in [1.807, 2.05) is 60.8 Å². The molecule has 0 spiro atoms. The second kappa shape index (κ2) is 9.30. The zero-order valence-corrected chi connectivity index (χ0v) is 14.8. The Morgan fingerprint density at radius 2 is 1.92 bits per heavy atom. The van der Waals surface area contributed by atoms with Gasteiger partial charge in [0.15, 0.2) is 6.54 Å². The van der Waals surface area contributed by atoms with Crippen molar-refractivity contribution in [2.45, 2.75) is 19.4 Å². The first-order valence-electron chi connectivity index (χ1n) is 8.08. The number of ether oxygens (including phenoxy) is 1. The molecule has 1 amide bonds. The SMILES string of the molecule is COc1ccccc1CCNC(=O)C[NH2+][C@@H](C)c1ccccc1Cl.